The van der Waals surface area contributed by atoms with E-state index in [0.717, 1.165) is 18.1 Å². The summed E-state index contributed by atoms with van der Waals surface area (Å²) in [7, 11) is 0. The summed E-state index contributed by atoms with van der Waals surface area (Å²) in [6.45, 7) is 4.13. The third-order valence-electron chi connectivity index (χ3n) is 4.04. The molecule has 1 unspecified atom stereocenters. The lowest BCUT2D eigenvalue weighted by molar-refractivity contribution is 0.473. The number of hydrogen-bond donors (Lipinski definition) is 1. The fourth-order valence-corrected chi connectivity index (χ4v) is 3.22. The van der Waals surface area contributed by atoms with Crippen molar-refractivity contribution in [3.8, 4) is 0 Å². The summed E-state index contributed by atoms with van der Waals surface area (Å²) in [6, 6.07) is 8.66. The molecule has 0 radical (unpaired) electrons. The van der Waals surface area contributed by atoms with Gasteiger partial charge in [0.05, 0.1) is 0 Å². The van der Waals surface area contributed by atoms with Crippen LogP contribution in [0.2, 0.25) is 5.02 Å². The smallest absolute Gasteiger partial charge is 0.0470 e. The van der Waals surface area contributed by atoms with E-state index in [9.17, 15) is 0 Å². The van der Waals surface area contributed by atoms with Gasteiger partial charge >= 0.3 is 0 Å². The Morgan fingerprint density at radius 1 is 1.25 bits per heavy atom. The number of fused-ring (bicyclic) bond motifs is 1. The van der Waals surface area contributed by atoms with Crippen molar-refractivity contribution in [1.29, 1.82) is 0 Å². The van der Waals surface area contributed by atoms with Crippen LogP contribution in [0.3, 0.4) is 0 Å². The minimum atomic E-state index is 0.537. The van der Waals surface area contributed by atoms with Crippen LogP contribution in [0.5, 0.6) is 0 Å². The summed E-state index contributed by atoms with van der Waals surface area (Å²) in [4.78, 5) is 0. The Labute approximate surface area is 125 Å². The number of halogens is 1. The Hall–Kier alpha value is -1.25. The SMILES string of the molecule is CCNC1CCCc2cn(Cc3ccc(Cl)cc3)cc21. The van der Waals surface area contributed by atoms with Crippen molar-refractivity contribution in [2.75, 3.05) is 6.54 Å². The molecule has 1 aromatic carbocycles. The second-order valence-corrected chi connectivity index (χ2v) is 5.98. The van der Waals surface area contributed by atoms with Gasteiger partial charge in [-0.25, -0.2) is 0 Å². The maximum atomic E-state index is 5.94. The molecule has 0 aliphatic heterocycles. The molecule has 0 amide bonds. The van der Waals surface area contributed by atoms with Gasteiger partial charge in [-0.2, -0.15) is 0 Å². The van der Waals surface area contributed by atoms with Gasteiger partial charge in [0.1, 0.15) is 0 Å². The molecule has 0 saturated heterocycles. The van der Waals surface area contributed by atoms with Crippen LogP contribution in [0.1, 0.15) is 42.5 Å². The van der Waals surface area contributed by atoms with E-state index in [1.165, 1.54) is 36.0 Å². The lowest BCUT2D eigenvalue weighted by Gasteiger charge is -2.22. The maximum absolute atomic E-state index is 5.94. The largest absolute Gasteiger partial charge is 0.349 e. The molecular weight excluding hydrogens is 268 g/mol. The van der Waals surface area contributed by atoms with Crippen molar-refractivity contribution < 1.29 is 0 Å². The first-order valence-corrected chi connectivity index (χ1v) is 7.80. The monoisotopic (exact) mass is 288 g/mol. The van der Waals surface area contributed by atoms with E-state index in [1.54, 1.807) is 0 Å². The summed E-state index contributed by atoms with van der Waals surface area (Å²) in [5.74, 6) is 0. The number of rotatable bonds is 4. The average molecular weight is 289 g/mol. The van der Waals surface area contributed by atoms with Gasteiger partial charge in [0, 0.05) is 30.0 Å². The van der Waals surface area contributed by atoms with Crippen molar-refractivity contribution in [2.24, 2.45) is 0 Å². The molecule has 0 bridgehead atoms. The molecule has 0 saturated carbocycles. The fourth-order valence-electron chi connectivity index (χ4n) is 3.10. The highest BCUT2D eigenvalue weighted by Gasteiger charge is 2.21. The molecule has 106 valence electrons. The lowest BCUT2D eigenvalue weighted by atomic mass is 9.91. The average Bonchev–Trinajstić information content (AvgIpc) is 2.85. The van der Waals surface area contributed by atoms with Gasteiger partial charge in [0.25, 0.3) is 0 Å². The van der Waals surface area contributed by atoms with Crippen LogP contribution < -0.4 is 5.32 Å². The van der Waals surface area contributed by atoms with Crippen LogP contribution in [0.15, 0.2) is 36.7 Å². The van der Waals surface area contributed by atoms with E-state index in [2.05, 4.69) is 41.3 Å². The molecule has 20 heavy (non-hydrogen) atoms. The molecule has 0 spiro atoms. The van der Waals surface area contributed by atoms with Crippen molar-refractivity contribution >= 4 is 11.6 Å². The highest BCUT2D eigenvalue weighted by atomic mass is 35.5. The first kappa shape index (κ1) is 13.7. The second kappa shape index (κ2) is 6.02. The molecule has 0 fully saturated rings. The van der Waals surface area contributed by atoms with Crippen LogP contribution in [-0.2, 0) is 13.0 Å². The minimum Gasteiger partial charge on any atom is -0.349 e. The number of aromatic nitrogens is 1. The van der Waals surface area contributed by atoms with Gasteiger partial charge in [0.15, 0.2) is 0 Å². The van der Waals surface area contributed by atoms with Gasteiger partial charge in [-0.1, -0.05) is 30.7 Å². The molecule has 3 rings (SSSR count). The molecule has 1 aliphatic rings. The number of nitrogens with zero attached hydrogens (tertiary/aromatic N) is 1. The quantitative estimate of drug-likeness (QED) is 0.893. The maximum Gasteiger partial charge on any atom is 0.0470 e. The zero-order chi connectivity index (χ0) is 13.9. The summed E-state index contributed by atoms with van der Waals surface area (Å²) >= 11 is 5.94. The van der Waals surface area contributed by atoms with Gasteiger partial charge in [-0.05, 0) is 54.6 Å². The summed E-state index contributed by atoms with van der Waals surface area (Å²) in [5, 5.41) is 4.39. The Morgan fingerprint density at radius 3 is 2.80 bits per heavy atom. The van der Waals surface area contributed by atoms with Gasteiger partial charge in [0.2, 0.25) is 0 Å². The lowest BCUT2D eigenvalue weighted by Crippen LogP contribution is -2.23. The Bertz CT molecular complexity index is 571. The Kier molecular flexibility index (Phi) is 4.13. The Balaban J connectivity index is 1.80. The number of aryl methyl sites for hydroxylation is 1. The van der Waals surface area contributed by atoms with Crippen LogP contribution in [0.4, 0.5) is 0 Å². The van der Waals surface area contributed by atoms with Crippen LogP contribution in [0.25, 0.3) is 0 Å². The standard InChI is InChI=1S/C17H21ClN2/c1-2-19-17-5-3-4-14-11-20(12-16(14)17)10-13-6-8-15(18)9-7-13/h6-9,11-12,17,19H,2-5,10H2,1H3. The molecule has 1 aliphatic carbocycles. The topological polar surface area (TPSA) is 17.0 Å². The molecule has 1 heterocycles. The van der Waals surface area contributed by atoms with Gasteiger partial charge < -0.3 is 9.88 Å². The van der Waals surface area contributed by atoms with Crippen molar-refractivity contribution in [3.63, 3.8) is 0 Å². The third kappa shape index (κ3) is 2.92. The molecule has 2 aromatic rings. The van der Waals surface area contributed by atoms with Crippen molar-refractivity contribution in [2.45, 2.75) is 38.8 Å². The van der Waals surface area contributed by atoms with E-state index in [4.69, 9.17) is 11.6 Å². The highest BCUT2D eigenvalue weighted by Crippen LogP contribution is 2.30. The number of benzene rings is 1. The molecule has 2 nitrogen and oxygen atoms in total. The first-order valence-electron chi connectivity index (χ1n) is 7.42. The van der Waals surface area contributed by atoms with E-state index in [1.807, 2.05) is 12.1 Å². The Morgan fingerprint density at radius 2 is 2.05 bits per heavy atom. The minimum absolute atomic E-state index is 0.537. The third-order valence-corrected chi connectivity index (χ3v) is 4.29. The molecular formula is C17H21ClN2. The molecule has 1 aromatic heterocycles. The van der Waals surface area contributed by atoms with Crippen molar-refractivity contribution in [3.05, 3.63) is 58.4 Å². The predicted octanol–water partition coefficient (Wildman–Crippen LogP) is 4.18. The molecule has 3 heteroatoms. The van der Waals surface area contributed by atoms with Crippen LogP contribution in [-0.4, -0.2) is 11.1 Å². The summed E-state index contributed by atoms with van der Waals surface area (Å²) in [6.07, 6.45) is 8.39. The number of nitrogens with one attached hydrogen (secondary N) is 1. The number of hydrogen-bond acceptors (Lipinski definition) is 1. The highest BCUT2D eigenvalue weighted by molar-refractivity contribution is 6.30. The summed E-state index contributed by atoms with van der Waals surface area (Å²) in [5.41, 5.74) is 4.30. The van der Waals surface area contributed by atoms with Gasteiger partial charge in [-0.15, -0.1) is 0 Å². The first-order chi connectivity index (χ1) is 9.76. The normalized spacial score (nSPS) is 18.0. The van der Waals surface area contributed by atoms with E-state index >= 15 is 0 Å². The second-order valence-electron chi connectivity index (χ2n) is 5.54. The molecule has 1 atom stereocenters. The van der Waals surface area contributed by atoms with Gasteiger partial charge in [-0.3, -0.25) is 0 Å². The van der Waals surface area contributed by atoms with E-state index in [-0.39, 0.29) is 0 Å². The van der Waals surface area contributed by atoms with E-state index in [0.29, 0.717) is 6.04 Å². The zero-order valence-electron chi connectivity index (χ0n) is 11.9. The summed E-state index contributed by atoms with van der Waals surface area (Å²) < 4.78 is 2.31. The van der Waals surface area contributed by atoms with Crippen LogP contribution in [0, 0.1) is 0 Å². The van der Waals surface area contributed by atoms with E-state index < -0.39 is 0 Å². The zero-order valence-corrected chi connectivity index (χ0v) is 12.7. The van der Waals surface area contributed by atoms with Crippen LogP contribution >= 0.6 is 11.6 Å². The fraction of sp³-hybridized carbons (Fsp3) is 0.412. The predicted molar refractivity (Wildman–Crippen MR) is 84.3 cm³/mol. The molecule has 1 N–H and O–H groups in total. The van der Waals surface area contributed by atoms with Crippen molar-refractivity contribution in [1.82, 2.24) is 9.88 Å².